The first-order valence-corrected chi connectivity index (χ1v) is 8.90. The van der Waals surface area contributed by atoms with E-state index in [0.29, 0.717) is 6.54 Å². The standard InChI is InChI=1S/C18H20N4O2S/c1-12(23)20-14(16-8-5-9-25-16)10-18(24)19-11-17-21-13-6-3-4-7-15(13)22(17)2/h3-9,14H,10-11H2,1-2H3,(H,19,24)(H,20,23)/t14-/m0/s1. The Balaban J connectivity index is 1.64. The highest BCUT2D eigenvalue weighted by Crippen LogP contribution is 2.22. The molecule has 0 aliphatic carbocycles. The fourth-order valence-electron chi connectivity index (χ4n) is 2.75. The third kappa shape index (κ3) is 4.06. The number of aromatic nitrogens is 2. The van der Waals surface area contributed by atoms with Gasteiger partial charge in [-0.2, -0.15) is 0 Å². The average molecular weight is 356 g/mol. The Labute approximate surface area is 149 Å². The summed E-state index contributed by atoms with van der Waals surface area (Å²) in [7, 11) is 1.93. The van der Waals surface area contributed by atoms with Gasteiger partial charge < -0.3 is 15.2 Å². The zero-order valence-corrected chi connectivity index (χ0v) is 15.0. The number of imidazole rings is 1. The second kappa shape index (κ2) is 7.48. The quantitative estimate of drug-likeness (QED) is 0.712. The van der Waals surface area contributed by atoms with Crippen LogP contribution in [-0.4, -0.2) is 21.4 Å². The van der Waals surface area contributed by atoms with E-state index in [4.69, 9.17) is 0 Å². The first-order chi connectivity index (χ1) is 12.0. The Morgan fingerprint density at radius 2 is 2.04 bits per heavy atom. The number of fused-ring (bicyclic) bond motifs is 1. The summed E-state index contributed by atoms with van der Waals surface area (Å²) in [4.78, 5) is 29.2. The van der Waals surface area contributed by atoms with E-state index in [1.807, 2.05) is 53.4 Å². The van der Waals surface area contributed by atoms with Crippen molar-refractivity contribution in [2.75, 3.05) is 0 Å². The molecule has 3 aromatic rings. The van der Waals surface area contributed by atoms with E-state index in [2.05, 4.69) is 15.6 Å². The van der Waals surface area contributed by atoms with Crippen LogP contribution < -0.4 is 10.6 Å². The molecule has 0 radical (unpaired) electrons. The van der Waals surface area contributed by atoms with Gasteiger partial charge >= 0.3 is 0 Å². The van der Waals surface area contributed by atoms with Gasteiger partial charge in [0.25, 0.3) is 0 Å². The van der Waals surface area contributed by atoms with Crippen LogP contribution in [0.5, 0.6) is 0 Å². The Hall–Kier alpha value is -2.67. The molecule has 0 saturated carbocycles. The van der Waals surface area contributed by atoms with Crippen molar-refractivity contribution in [2.24, 2.45) is 7.05 Å². The molecule has 0 saturated heterocycles. The summed E-state index contributed by atoms with van der Waals surface area (Å²) in [6.45, 7) is 1.80. The number of amides is 2. The predicted octanol–water partition coefficient (Wildman–Crippen LogP) is 2.52. The molecule has 1 atom stereocenters. The van der Waals surface area contributed by atoms with Gasteiger partial charge in [-0.1, -0.05) is 18.2 Å². The number of para-hydroxylation sites is 2. The Kier molecular flexibility index (Phi) is 5.14. The molecule has 0 unspecified atom stereocenters. The van der Waals surface area contributed by atoms with Gasteiger partial charge in [-0.15, -0.1) is 11.3 Å². The lowest BCUT2D eigenvalue weighted by atomic mass is 10.1. The molecule has 0 aliphatic heterocycles. The lowest BCUT2D eigenvalue weighted by molar-refractivity contribution is -0.122. The van der Waals surface area contributed by atoms with Crippen LogP contribution in [0.2, 0.25) is 0 Å². The minimum Gasteiger partial charge on any atom is -0.349 e. The van der Waals surface area contributed by atoms with Gasteiger partial charge in [0.15, 0.2) is 0 Å². The number of benzene rings is 1. The number of carbonyl (C=O) groups excluding carboxylic acids is 2. The van der Waals surface area contributed by atoms with E-state index in [9.17, 15) is 9.59 Å². The SMILES string of the molecule is CC(=O)N[C@@H](CC(=O)NCc1nc2ccccc2n1C)c1cccs1. The van der Waals surface area contributed by atoms with Gasteiger partial charge in [0, 0.05) is 18.8 Å². The number of carbonyl (C=O) groups is 2. The van der Waals surface area contributed by atoms with Gasteiger partial charge in [-0.05, 0) is 23.6 Å². The molecule has 2 heterocycles. The number of aryl methyl sites for hydroxylation is 1. The van der Waals surface area contributed by atoms with Crippen molar-refractivity contribution in [3.8, 4) is 0 Å². The topological polar surface area (TPSA) is 76.0 Å². The average Bonchev–Trinajstić information content (AvgIpc) is 3.21. The molecule has 130 valence electrons. The number of rotatable bonds is 6. The molecule has 2 N–H and O–H groups in total. The molecule has 0 aliphatic rings. The molecular weight excluding hydrogens is 336 g/mol. The van der Waals surface area contributed by atoms with Crippen LogP contribution in [0.4, 0.5) is 0 Å². The Morgan fingerprint density at radius 1 is 1.24 bits per heavy atom. The molecular formula is C18H20N4O2S. The zero-order valence-electron chi connectivity index (χ0n) is 14.2. The summed E-state index contributed by atoms with van der Waals surface area (Å²) in [5, 5.41) is 7.66. The van der Waals surface area contributed by atoms with Gasteiger partial charge in [-0.3, -0.25) is 9.59 Å². The molecule has 0 bridgehead atoms. The highest BCUT2D eigenvalue weighted by Gasteiger charge is 2.18. The van der Waals surface area contributed by atoms with E-state index in [1.165, 1.54) is 18.3 Å². The van der Waals surface area contributed by atoms with Crippen LogP contribution in [0.1, 0.15) is 30.1 Å². The van der Waals surface area contributed by atoms with E-state index in [0.717, 1.165) is 21.7 Å². The number of nitrogens with one attached hydrogen (secondary N) is 2. The molecule has 0 fully saturated rings. The van der Waals surface area contributed by atoms with Gasteiger partial charge in [0.05, 0.1) is 30.0 Å². The highest BCUT2D eigenvalue weighted by molar-refractivity contribution is 7.10. The fraction of sp³-hybridized carbons (Fsp3) is 0.278. The van der Waals surface area contributed by atoms with Crippen molar-refractivity contribution in [1.82, 2.24) is 20.2 Å². The van der Waals surface area contributed by atoms with Crippen LogP contribution in [-0.2, 0) is 23.2 Å². The van der Waals surface area contributed by atoms with Crippen molar-refractivity contribution in [3.05, 3.63) is 52.5 Å². The maximum Gasteiger partial charge on any atom is 0.222 e. The minimum absolute atomic E-state index is 0.126. The summed E-state index contributed by atoms with van der Waals surface area (Å²) in [5.41, 5.74) is 1.94. The molecule has 7 heteroatoms. The third-order valence-electron chi connectivity index (χ3n) is 3.98. The fourth-order valence-corrected chi connectivity index (χ4v) is 3.52. The summed E-state index contributed by atoms with van der Waals surface area (Å²) >= 11 is 1.52. The van der Waals surface area contributed by atoms with Crippen LogP contribution >= 0.6 is 11.3 Å². The largest absolute Gasteiger partial charge is 0.349 e. The van der Waals surface area contributed by atoms with Crippen LogP contribution in [0.25, 0.3) is 11.0 Å². The van der Waals surface area contributed by atoms with Crippen LogP contribution in [0.15, 0.2) is 41.8 Å². The van der Waals surface area contributed by atoms with Crippen molar-refractivity contribution in [3.63, 3.8) is 0 Å². The second-order valence-electron chi connectivity index (χ2n) is 5.83. The smallest absolute Gasteiger partial charge is 0.222 e. The normalized spacial score (nSPS) is 12.1. The molecule has 6 nitrogen and oxygen atoms in total. The van der Waals surface area contributed by atoms with Crippen molar-refractivity contribution in [1.29, 1.82) is 0 Å². The second-order valence-corrected chi connectivity index (χ2v) is 6.80. The summed E-state index contributed by atoms with van der Waals surface area (Å²) in [5.74, 6) is 0.516. The first-order valence-electron chi connectivity index (χ1n) is 8.02. The molecule has 25 heavy (non-hydrogen) atoms. The van der Waals surface area contributed by atoms with Gasteiger partial charge in [-0.25, -0.2) is 4.98 Å². The number of hydrogen-bond donors (Lipinski definition) is 2. The van der Waals surface area contributed by atoms with E-state index in [-0.39, 0.29) is 24.3 Å². The van der Waals surface area contributed by atoms with Gasteiger partial charge in [0.2, 0.25) is 11.8 Å². The predicted molar refractivity (Wildman–Crippen MR) is 98.1 cm³/mol. The lowest BCUT2D eigenvalue weighted by Crippen LogP contribution is -2.32. The van der Waals surface area contributed by atoms with Crippen molar-refractivity contribution >= 4 is 34.2 Å². The maximum atomic E-state index is 12.3. The van der Waals surface area contributed by atoms with Crippen molar-refractivity contribution in [2.45, 2.75) is 25.9 Å². The zero-order chi connectivity index (χ0) is 17.8. The Morgan fingerprint density at radius 3 is 2.72 bits per heavy atom. The maximum absolute atomic E-state index is 12.3. The number of hydrogen-bond acceptors (Lipinski definition) is 4. The molecule has 0 spiro atoms. The number of thiophene rings is 1. The van der Waals surface area contributed by atoms with E-state index >= 15 is 0 Å². The van der Waals surface area contributed by atoms with Crippen LogP contribution in [0.3, 0.4) is 0 Å². The molecule has 1 aromatic carbocycles. The van der Waals surface area contributed by atoms with Crippen LogP contribution in [0, 0.1) is 0 Å². The first kappa shape index (κ1) is 17.2. The van der Waals surface area contributed by atoms with E-state index in [1.54, 1.807) is 0 Å². The third-order valence-corrected chi connectivity index (χ3v) is 4.96. The highest BCUT2D eigenvalue weighted by atomic mass is 32.1. The monoisotopic (exact) mass is 356 g/mol. The van der Waals surface area contributed by atoms with E-state index < -0.39 is 0 Å². The molecule has 2 aromatic heterocycles. The minimum atomic E-state index is -0.307. The van der Waals surface area contributed by atoms with Gasteiger partial charge in [0.1, 0.15) is 5.82 Å². The summed E-state index contributed by atoms with van der Waals surface area (Å²) in [6.07, 6.45) is 0.198. The molecule has 2 amide bonds. The summed E-state index contributed by atoms with van der Waals surface area (Å²) < 4.78 is 1.97. The number of nitrogens with zero attached hydrogens (tertiary/aromatic N) is 2. The lowest BCUT2D eigenvalue weighted by Gasteiger charge is -2.16. The summed E-state index contributed by atoms with van der Waals surface area (Å²) in [6, 6.07) is 11.4. The Bertz CT molecular complexity index is 886. The molecule has 3 rings (SSSR count). The van der Waals surface area contributed by atoms with Crippen molar-refractivity contribution < 1.29 is 9.59 Å².